The number of amides is 1. The summed E-state index contributed by atoms with van der Waals surface area (Å²) in [6.07, 6.45) is 2.88. The minimum absolute atomic E-state index is 0.0455. The highest BCUT2D eigenvalue weighted by molar-refractivity contribution is 6.32. The highest BCUT2D eigenvalue weighted by Crippen LogP contribution is 2.26. The molecular weight excluding hydrogens is 350 g/mol. The molecule has 3 rings (SSSR count). The Morgan fingerprint density at radius 3 is 2.65 bits per heavy atom. The highest BCUT2D eigenvalue weighted by Gasteiger charge is 2.28. The third-order valence-electron chi connectivity index (χ3n) is 4.86. The fourth-order valence-corrected chi connectivity index (χ4v) is 3.54. The van der Waals surface area contributed by atoms with E-state index in [1.54, 1.807) is 11.0 Å². The van der Waals surface area contributed by atoms with Crippen LogP contribution in [0, 0.1) is 5.92 Å². The van der Waals surface area contributed by atoms with E-state index in [4.69, 9.17) is 11.6 Å². The van der Waals surface area contributed by atoms with E-state index in [2.05, 4.69) is 0 Å². The van der Waals surface area contributed by atoms with Gasteiger partial charge in [-0.05, 0) is 43.0 Å². The van der Waals surface area contributed by atoms with Crippen molar-refractivity contribution in [3.05, 3.63) is 64.7 Å². The first-order valence-corrected chi connectivity index (χ1v) is 9.27. The van der Waals surface area contributed by atoms with E-state index in [1.165, 1.54) is 12.1 Å². The number of carbonyl (C=O) groups is 2. The van der Waals surface area contributed by atoms with Crippen molar-refractivity contribution in [2.24, 2.45) is 5.92 Å². The molecule has 1 heterocycles. The average Bonchev–Trinajstić information content (AvgIpc) is 2.68. The van der Waals surface area contributed by atoms with Crippen LogP contribution in [0.5, 0.6) is 5.75 Å². The summed E-state index contributed by atoms with van der Waals surface area (Å²) in [5, 5.41) is 9.66. The summed E-state index contributed by atoms with van der Waals surface area (Å²) < 4.78 is 0. The van der Waals surface area contributed by atoms with Crippen LogP contribution in [0.1, 0.15) is 35.2 Å². The Bertz CT molecular complexity index is 791. The molecule has 1 atom stereocenters. The third-order valence-corrected chi connectivity index (χ3v) is 5.16. The number of phenolic OH excluding ortho intramolecular Hbond substituents is 1. The van der Waals surface area contributed by atoms with E-state index in [9.17, 15) is 14.7 Å². The Kier molecular flexibility index (Phi) is 5.94. The van der Waals surface area contributed by atoms with Crippen LogP contribution < -0.4 is 0 Å². The van der Waals surface area contributed by atoms with Crippen LogP contribution in [-0.4, -0.2) is 34.8 Å². The number of aromatic hydroxyl groups is 1. The predicted octanol–water partition coefficient (Wildman–Crippen LogP) is 4.10. The van der Waals surface area contributed by atoms with Gasteiger partial charge in [0.05, 0.1) is 5.02 Å². The lowest BCUT2D eigenvalue weighted by Crippen LogP contribution is -2.42. The maximum atomic E-state index is 12.7. The molecule has 0 radical (unpaired) electrons. The van der Waals surface area contributed by atoms with E-state index in [-0.39, 0.29) is 28.4 Å². The number of hydrogen-bond donors (Lipinski definition) is 1. The number of halogens is 1. The van der Waals surface area contributed by atoms with Crippen molar-refractivity contribution in [2.75, 3.05) is 13.1 Å². The number of piperidine rings is 1. The Hall–Kier alpha value is -2.33. The van der Waals surface area contributed by atoms with Gasteiger partial charge >= 0.3 is 0 Å². The van der Waals surface area contributed by atoms with Gasteiger partial charge < -0.3 is 10.0 Å². The minimum Gasteiger partial charge on any atom is -0.506 e. The van der Waals surface area contributed by atoms with Crippen LogP contribution in [-0.2, 0) is 11.2 Å². The predicted molar refractivity (Wildman–Crippen MR) is 102 cm³/mol. The molecule has 136 valence electrons. The molecule has 0 aromatic heterocycles. The number of carbonyl (C=O) groups excluding carboxylic acids is 2. The topological polar surface area (TPSA) is 57.6 Å². The lowest BCUT2D eigenvalue weighted by molar-refractivity contribution is -0.124. The maximum Gasteiger partial charge on any atom is 0.253 e. The van der Waals surface area contributed by atoms with Gasteiger partial charge in [0, 0.05) is 31.0 Å². The van der Waals surface area contributed by atoms with Gasteiger partial charge in [0.15, 0.2) is 0 Å². The molecule has 2 aromatic rings. The smallest absolute Gasteiger partial charge is 0.253 e. The quantitative estimate of drug-likeness (QED) is 0.860. The summed E-state index contributed by atoms with van der Waals surface area (Å²) in [6, 6.07) is 14.4. The van der Waals surface area contributed by atoms with Gasteiger partial charge in [-0.15, -0.1) is 0 Å². The van der Waals surface area contributed by atoms with Gasteiger partial charge in [-0.25, -0.2) is 0 Å². The molecule has 0 spiro atoms. The zero-order valence-electron chi connectivity index (χ0n) is 14.5. The Labute approximate surface area is 158 Å². The normalized spacial score (nSPS) is 17.1. The van der Waals surface area contributed by atoms with Crippen LogP contribution in [0.15, 0.2) is 48.5 Å². The van der Waals surface area contributed by atoms with Crippen molar-refractivity contribution in [2.45, 2.75) is 25.7 Å². The number of Topliss-reactive ketones (excluding diaryl/α,β-unsaturated/α-hetero) is 1. The fourth-order valence-electron chi connectivity index (χ4n) is 3.36. The number of hydrogen-bond acceptors (Lipinski definition) is 3. The molecule has 1 aliphatic heterocycles. The second-order valence-electron chi connectivity index (χ2n) is 6.71. The summed E-state index contributed by atoms with van der Waals surface area (Å²) in [5.74, 6) is -0.0811. The fraction of sp³-hybridized carbons (Fsp3) is 0.333. The van der Waals surface area contributed by atoms with Crippen LogP contribution in [0.25, 0.3) is 0 Å². The Morgan fingerprint density at radius 2 is 1.92 bits per heavy atom. The van der Waals surface area contributed by atoms with Crippen LogP contribution in [0.3, 0.4) is 0 Å². The van der Waals surface area contributed by atoms with E-state index >= 15 is 0 Å². The van der Waals surface area contributed by atoms with Gasteiger partial charge in [-0.2, -0.15) is 0 Å². The number of rotatable bonds is 5. The zero-order chi connectivity index (χ0) is 18.5. The van der Waals surface area contributed by atoms with Crippen LogP contribution in [0.2, 0.25) is 5.02 Å². The lowest BCUT2D eigenvalue weighted by atomic mass is 9.90. The molecule has 5 heteroatoms. The lowest BCUT2D eigenvalue weighted by Gasteiger charge is -2.32. The Morgan fingerprint density at radius 1 is 1.15 bits per heavy atom. The molecule has 1 saturated heterocycles. The minimum atomic E-state index is -0.146. The molecule has 0 saturated carbocycles. The first-order valence-electron chi connectivity index (χ1n) is 8.89. The summed E-state index contributed by atoms with van der Waals surface area (Å²) in [4.78, 5) is 27.0. The molecule has 1 amide bonds. The number of phenols is 1. The summed E-state index contributed by atoms with van der Waals surface area (Å²) in [7, 11) is 0. The summed E-state index contributed by atoms with van der Waals surface area (Å²) in [6.45, 7) is 1.09. The summed E-state index contributed by atoms with van der Waals surface area (Å²) in [5.41, 5.74) is 1.59. The molecule has 4 nitrogen and oxygen atoms in total. The summed E-state index contributed by atoms with van der Waals surface area (Å²) >= 11 is 5.90. The van der Waals surface area contributed by atoms with Crippen LogP contribution >= 0.6 is 11.6 Å². The van der Waals surface area contributed by atoms with Crippen molar-refractivity contribution in [3.8, 4) is 5.75 Å². The van der Waals surface area contributed by atoms with E-state index in [1.807, 2.05) is 30.3 Å². The maximum absolute atomic E-state index is 12.7. The Balaban J connectivity index is 1.60. The first-order chi connectivity index (χ1) is 12.5. The molecule has 1 aliphatic rings. The number of benzene rings is 2. The molecule has 26 heavy (non-hydrogen) atoms. The van der Waals surface area contributed by atoms with E-state index < -0.39 is 0 Å². The number of ketones is 1. The van der Waals surface area contributed by atoms with E-state index in [0.29, 0.717) is 25.1 Å². The number of likely N-dealkylation sites (tertiary alicyclic amines) is 1. The second-order valence-corrected chi connectivity index (χ2v) is 7.12. The van der Waals surface area contributed by atoms with Gasteiger partial charge in [-0.3, -0.25) is 9.59 Å². The van der Waals surface area contributed by atoms with Crippen molar-refractivity contribution in [3.63, 3.8) is 0 Å². The van der Waals surface area contributed by atoms with Crippen molar-refractivity contribution in [1.82, 2.24) is 4.90 Å². The zero-order valence-corrected chi connectivity index (χ0v) is 15.3. The second kappa shape index (κ2) is 8.37. The van der Waals surface area contributed by atoms with Crippen LogP contribution in [0.4, 0.5) is 0 Å². The largest absolute Gasteiger partial charge is 0.506 e. The first kappa shape index (κ1) is 18.5. The van der Waals surface area contributed by atoms with Crippen molar-refractivity contribution in [1.29, 1.82) is 0 Å². The molecule has 1 fully saturated rings. The monoisotopic (exact) mass is 371 g/mol. The average molecular weight is 372 g/mol. The number of aryl methyl sites for hydroxylation is 1. The van der Waals surface area contributed by atoms with Crippen molar-refractivity contribution < 1.29 is 14.7 Å². The molecule has 1 N–H and O–H groups in total. The van der Waals surface area contributed by atoms with Gasteiger partial charge in [0.1, 0.15) is 11.5 Å². The molecular formula is C21H22ClNO3. The highest BCUT2D eigenvalue weighted by atomic mass is 35.5. The molecule has 0 unspecified atom stereocenters. The van der Waals surface area contributed by atoms with E-state index in [0.717, 1.165) is 24.8 Å². The molecule has 2 aromatic carbocycles. The van der Waals surface area contributed by atoms with Gasteiger partial charge in [0.2, 0.25) is 0 Å². The van der Waals surface area contributed by atoms with Gasteiger partial charge in [0.25, 0.3) is 5.91 Å². The standard InChI is InChI=1S/C21H22ClNO3/c22-18-13-16(9-11-20(18)25)21(26)23-12-4-7-17(14-23)19(24)10-8-15-5-2-1-3-6-15/h1-3,5-6,9,11,13,17,25H,4,7-8,10,12,14H2/t17-/m1/s1. The third kappa shape index (κ3) is 4.44. The molecule has 0 bridgehead atoms. The molecule has 0 aliphatic carbocycles. The number of nitrogens with zero attached hydrogens (tertiary/aromatic N) is 1. The van der Waals surface area contributed by atoms with Crippen molar-refractivity contribution >= 4 is 23.3 Å². The van der Waals surface area contributed by atoms with Gasteiger partial charge in [-0.1, -0.05) is 41.9 Å². The SMILES string of the molecule is O=C(CCc1ccccc1)[C@@H]1CCCN(C(=O)c2ccc(O)c(Cl)c2)C1.